The van der Waals surface area contributed by atoms with E-state index in [1.165, 1.54) is 0 Å². The Morgan fingerprint density at radius 3 is 2.92 bits per heavy atom. The van der Waals surface area contributed by atoms with Crippen LogP contribution in [0.4, 0.5) is 5.69 Å². The molecule has 1 aromatic rings. The molecule has 0 aromatic heterocycles. The van der Waals surface area contributed by atoms with Crippen molar-refractivity contribution in [3.63, 3.8) is 0 Å². The van der Waals surface area contributed by atoms with Crippen molar-refractivity contribution in [2.45, 2.75) is 6.42 Å². The molecule has 13 heavy (non-hydrogen) atoms. The summed E-state index contributed by atoms with van der Waals surface area (Å²) in [4.78, 5) is 11.4. The molecule has 0 amide bonds. The van der Waals surface area contributed by atoms with Crippen LogP contribution in [-0.4, -0.2) is 12.3 Å². The Morgan fingerprint density at radius 2 is 2.15 bits per heavy atom. The molecule has 1 aliphatic heterocycles. The van der Waals surface area contributed by atoms with Gasteiger partial charge in [-0.05, 0) is 18.2 Å². The Hall–Kier alpha value is -0.540. The molecule has 4 heteroatoms. The molecule has 0 atom stereocenters. The highest BCUT2D eigenvalue weighted by Crippen LogP contribution is 2.24. The van der Waals surface area contributed by atoms with E-state index in [4.69, 9.17) is 0 Å². The van der Waals surface area contributed by atoms with Crippen LogP contribution in [0.25, 0.3) is 0 Å². The first-order valence-electron chi connectivity index (χ1n) is 3.84. The fourth-order valence-electron chi connectivity index (χ4n) is 1.35. The largest absolute Gasteiger partial charge is 0.384 e. The van der Waals surface area contributed by atoms with Gasteiger partial charge in [0.1, 0.15) is 0 Å². The van der Waals surface area contributed by atoms with Gasteiger partial charge in [-0.1, -0.05) is 15.9 Å². The maximum atomic E-state index is 11.4. The van der Waals surface area contributed by atoms with E-state index in [0.717, 1.165) is 22.3 Å². The number of Topliss-reactive ketones (excluding diaryl/α,β-unsaturated/α-hetero) is 1. The lowest BCUT2D eigenvalue weighted by Crippen LogP contribution is -2.17. The number of ketones is 1. The Balaban J connectivity index is 0.000000845. The number of rotatable bonds is 0. The lowest BCUT2D eigenvalue weighted by Gasteiger charge is -2.16. The summed E-state index contributed by atoms with van der Waals surface area (Å²) >= 11 is 3.34. The number of fused-ring (bicyclic) bond motifs is 1. The molecule has 0 radical (unpaired) electrons. The topological polar surface area (TPSA) is 29.1 Å². The summed E-state index contributed by atoms with van der Waals surface area (Å²) in [5.74, 6) is 0.227. The minimum absolute atomic E-state index is 0. The quantitative estimate of drug-likeness (QED) is 0.779. The first-order chi connectivity index (χ1) is 5.77. The van der Waals surface area contributed by atoms with Crippen LogP contribution < -0.4 is 5.32 Å². The van der Waals surface area contributed by atoms with Gasteiger partial charge >= 0.3 is 0 Å². The normalized spacial score (nSPS) is 14.1. The lowest BCUT2D eigenvalue weighted by atomic mass is 10.0. The molecule has 0 spiro atoms. The Kier molecular flexibility index (Phi) is 3.33. The molecule has 2 rings (SSSR count). The molecule has 0 bridgehead atoms. The van der Waals surface area contributed by atoms with E-state index in [0.29, 0.717) is 6.42 Å². The fraction of sp³-hybridized carbons (Fsp3) is 0.222. The van der Waals surface area contributed by atoms with Crippen molar-refractivity contribution in [2.24, 2.45) is 0 Å². The summed E-state index contributed by atoms with van der Waals surface area (Å²) in [5, 5.41) is 3.18. The number of carbonyl (C=O) groups is 1. The first kappa shape index (κ1) is 10.5. The summed E-state index contributed by atoms with van der Waals surface area (Å²) < 4.78 is 0.957. The van der Waals surface area contributed by atoms with Crippen LogP contribution >= 0.6 is 28.3 Å². The van der Waals surface area contributed by atoms with E-state index in [1.807, 2.05) is 18.2 Å². The third kappa shape index (κ3) is 2.03. The summed E-state index contributed by atoms with van der Waals surface area (Å²) in [6.07, 6.45) is 0.601. The number of nitrogens with one attached hydrogen (secondary N) is 1. The van der Waals surface area contributed by atoms with Crippen molar-refractivity contribution < 1.29 is 4.79 Å². The van der Waals surface area contributed by atoms with Gasteiger partial charge in [-0.25, -0.2) is 0 Å². The minimum atomic E-state index is 0. The van der Waals surface area contributed by atoms with Crippen molar-refractivity contribution in [1.82, 2.24) is 0 Å². The molecule has 0 aliphatic carbocycles. The van der Waals surface area contributed by atoms with Crippen LogP contribution in [0.2, 0.25) is 0 Å². The summed E-state index contributed by atoms with van der Waals surface area (Å²) in [6, 6.07) is 5.73. The highest BCUT2D eigenvalue weighted by Gasteiger charge is 2.15. The monoisotopic (exact) mass is 261 g/mol. The smallest absolute Gasteiger partial charge is 0.166 e. The van der Waals surface area contributed by atoms with Crippen molar-refractivity contribution in [2.75, 3.05) is 11.9 Å². The summed E-state index contributed by atoms with van der Waals surface area (Å²) in [5.41, 5.74) is 1.75. The molecule has 1 aliphatic rings. The van der Waals surface area contributed by atoms with Gasteiger partial charge < -0.3 is 5.32 Å². The number of anilines is 1. The number of halogens is 2. The van der Waals surface area contributed by atoms with Gasteiger partial charge in [0.25, 0.3) is 0 Å². The molecule has 2 nitrogen and oxygen atoms in total. The molecule has 0 saturated heterocycles. The molecule has 70 valence electrons. The summed E-state index contributed by atoms with van der Waals surface area (Å²) in [7, 11) is 0. The van der Waals surface area contributed by atoms with E-state index in [-0.39, 0.29) is 18.2 Å². The predicted molar refractivity (Wildman–Crippen MR) is 58.8 cm³/mol. The maximum Gasteiger partial charge on any atom is 0.166 e. The second-order valence-electron chi connectivity index (χ2n) is 2.79. The molecule has 0 saturated carbocycles. The zero-order chi connectivity index (χ0) is 8.55. The Morgan fingerprint density at radius 1 is 1.38 bits per heavy atom. The Labute approximate surface area is 91.3 Å². The van der Waals surface area contributed by atoms with Crippen molar-refractivity contribution in [3.8, 4) is 0 Å². The standard InChI is InChI=1S/C9H8BrNO.ClH/c10-6-1-2-8-7(5-6)9(12)3-4-11-8;/h1-2,5,11H,3-4H2;1H. The van der Waals surface area contributed by atoms with Crippen molar-refractivity contribution in [3.05, 3.63) is 28.2 Å². The lowest BCUT2D eigenvalue weighted by molar-refractivity contribution is 0.0983. The highest BCUT2D eigenvalue weighted by molar-refractivity contribution is 9.10. The predicted octanol–water partition coefficient (Wildman–Crippen LogP) is 2.87. The molecule has 1 aromatic carbocycles. The zero-order valence-electron chi connectivity index (χ0n) is 6.84. The van der Waals surface area contributed by atoms with Crippen LogP contribution in [0.3, 0.4) is 0 Å². The second-order valence-corrected chi connectivity index (χ2v) is 3.71. The second kappa shape index (κ2) is 4.11. The molecule has 0 fully saturated rings. The minimum Gasteiger partial charge on any atom is -0.384 e. The van der Waals surface area contributed by atoms with E-state index in [2.05, 4.69) is 21.2 Å². The molecular formula is C9H9BrClNO. The maximum absolute atomic E-state index is 11.4. The van der Waals surface area contributed by atoms with Crippen LogP contribution in [-0.2, 0) is 0 Å². The van der Waals surface area contributed by atoms with Gasteiger partial charge in [-0.3, -0.25) is 4.79 Å². The van der Waals surface area contributed by atoms with Crippen LogP contribution in [0.15, 0.2) is 22.7 Å². The van der Waals surface area contributed by atoms with Gasteiger partial charge in [0, 0.05) is 28.7 Å². The van der Waals surface area contributed by atoms with Crippen LogP contribution in [0, 0.1) is 0 Å². The molecule has 1 heterocycles. The Bertz CT molecular complexity index is 340. The van der Waals surface area contributed by atoms with Gasteiger partial charge in [-0.15, -0.1) is 12.4 Å². The van der Waals surface area contributed by atoms with Gasteiger partial charge in [0.05, 0.1) is 0 Å². The molecular weight excluding hydrogens is 253 g/mol. The number of benzene rings is 1. The van der Waals surface area contributed by atoms with Crippen molar-refractivity contribution in [1.29, 1.82) is 0 Å². The summed E-state index contributed by atoms with van der Waals surface area (Å²) in [6.45, 7) is 0.757. The highest BCUT2D eigenvalue weighted by atomic mass is 79.9. The number of carbonyl (C=O) groups excluding carboxylic acids is 1. The number of hydrogen-bond donors (Lipinski definition) is 1. The van der Waals surface area contributed by atoms with Crippen molar-refractivity contribution >= 4 is 39.8 Å². The van der Waals surface area contributed by atoms with Crippen LogP contribution in [0.5, 0.6) is 0 Å². The first-order valence-corrected chi connectivity index (χ1v) is 4.63. The zero-order valence-corrected chi connectivity index (χ0v) is 9.24. The molecule has 0 unspecified atom stereocenters. The molecule has 1 N–H and O–H groups in total. The van der Waals surface area contributed by atoms with Gasteiger partial charge in [0.15, 0.2) is 5.78 Å². The van der Waals surface area contributed by atoms with E-state index in [9.17, 15) is 4.79 Å². The van der Waals surface area contributed by atoms with E-state index < -0.39 is 0 Å². The third-order valence-electron chi connectivity index (χ3n) is 1.95. The fourth-order valence-corrected chi connectivity index (χ4v) is 1.71. The average Bonchev–Trinajstić information content (AvgIpc) is 2.07. The van der Waals surface area contributed by atoms with Gasteiger partial charge in [0.2, 0.25) is 0 Å². The van der Waals surface area contributed by atoms with E-state index in [1.54, 1.807) is 0 Å². The average molecular weight is 263 g/mol. The third-order valence-corrected chi connectivity index (χ3v) is 2.44. The SMILES string of the molecule is Cl.O=C1CCNc2ccc(Br)cc21. The van der Waals surface area contributed by atoms with E-state index >= 15 is 0 Å². The van der Waals surface area contributed by atoms with Crippen LogP contribution in [0.1, 0.15) is 16.8 Å². The van der Waals surface area contributed by atoms with Gasteiger partial charge in [-0.2, -0.15) is 0 Å². The number of hydrogen-bond acceptors (Lipinski definition) is 2.